The third-order valence-electron chi connectivity index (χ3n) is 4.02. The summed E-state index contributed by atoms with van der Waals surface area (Å²) in [5.41, 5.74) is 1.04. The number of aromatic nitrogens is 1. The van der Waals surface area contributed by atoms with Crippen LogP contribution in [0.25, 0.3) is 0 Å². The molecule has 112 valence electrons. The zero-order valence-corrected chi connectivity index (χ0v) is 13.1. The second-order valence-electron chi connectivity index (χ2n) is 6.17. The molecule has 0 unspecified atom stereocenters. The molecule has 0 saturated heterocycles. The maximum atomic E-state index is 5.77. The van der Waals surface area contributed by atoms with Crippen LogP contribution in [0.2, 0.25) is 0 Å². The molecule has 1 heterocycles. The molecule has 1 aromatic heterocycles. The number of hydrogen-bond donors (Lipinski definition) is 1. The number of ether oxygens (including phenoxy) is 1. The molecule has 1 saturated carbocycles. The van der Waals surface area contributed by atoms with E-state index in [1.54, 1.807) is 6.20 Å². The molecule has 2 rings (SSSR count). The van der Waals surface area contributed by atoms with E-state index in [2.05, 4.69) is 23.3 Å². The van der Waals surface area contributed by atoms with Crippen LogP contribution in [0.1, 0.15) is 59.3 Å². The zero-order chi connectivity index (χ0) is 14.4. The highest BCUT2D eigenvalue weighted by Gasteiger charge is 2.21. The Bertz CT molecular complexity index is 398. The van der Waals surface area contributed by atoms with Gasteiger partial charge in [0.15, 0.2) is 0 Å². The maximum absolute atomic E-state index is 5.77. The molecule has 3 nitrogen and oxygen atoms in total. The average molecular weight is 276 g/mol. The molecule has 3 heteroatoms. The lowest BCUT2D eigenvalue weighted by Crippen LogP contribution is -2.26. The molecule has 0 bridgehead atoms. The van der Waals surface area contributed by atoms with Crippen molar-refractivity contribution in [3.63, 3.8) is 0 Å². The highest BCUT2D eigenvalue weighted by molar-refractivity contribution is 5.52. The molecule has 1 aromatic rings. The molecule has 0 radical (unpaired) electrons. The standard InChI is InChI=1S/C17H28N2O/c1-4-6-14-8-10-15(11-9-14)19-16-7-5-12-18-17(16)20-13(2)3/h5,7,12-15,19H,4,6,8-11H2,1-3H3. The minimum absolute atomic E-state index is 0.158. The van der Waals surface area contributed by atoms with Crippen molar-refractivity contribution >= 4 is 5.69 Å². The number of nitrogens with one attached hydrogen (secondary N) is 1. The van der Waals surface area contributed by atoms with Gasteiger partial charge in [-0.15, -0.1) is 0 Å². The SMILES string of the molecule is CCCC1CCC(Nc2cccnc2OC(C)C)CC1. The third kappa shape index (κ3) is 4.39. The van der Waals surface area contributed by atoms with Crippen molar-refractivity contribution in [1.29, 1.82) is 0 Å². The molecule has 1 N–H and O–H groups in total. The van der Waals surface area contributed by atoms with E-state index < -0.39 is 0 Å². The van der Waals surface area contributed by atoms with Gasteiger partial charge in [0.05, 0.1) is 11.8 Å². The van der Waals surface area contributed by atoms with Gasteiger partial charge in [-0.05, 0) is 57.6 Å². The lowest BCUT2D eigenvalue weighted by Gasteiger charge is -2.30. The van der Waals surface area contributed by atoms with Gasteiger partial charge in [0.1, 0.15) is 0 Å². The van der Waals surface area contributed by atoms with Gasteiger partial charge in [-0.25, -0.2) is 4.98 Å². The Morgan fingerprint density at radius 3 is 2.70 bits per heavy atom. The topological polar surface area (TPSA) is 34.2 Å². The second kappa shape index (κ2) is 7.51. The Morgan fingerprint density at radius 2 is 2.05 bits per heavy atom. The molecule has 0 aromatic carbocycles. The molecule has 1 fully saturated rings. The summed E-state index contributed by atoms with van der Waals surface area (Å²) in [6.45, 7) is 6.36. The lowest BCUT2D eigenvalue weighted by atomic mass is 9.83. The number of pyridine rings is 1. The van der Waals surface area contributed by atoms with Crippen LogP contribution in [0.5, 0.6) is 5.88 Å². The molecular formula is C17H28N2O. The minimum atomic E-state index is 0.158. The van der Waals surface area contributed by atoms with Crippen LogP contribution in [0.4, 0.5) is 5.69 Å². The van der Waals surface area contributed by atoms with Gasteiger partial charge in [-0.3, -0.25) is 0 Å². The van der Waals surface area contributed by atoms with Gasteiger partial charge in [0.2, 0.25) is 5.88 Å². The summed E-state index contributed by atoms with van der Waals surface area (Å²) in [6.07, 6.45) is 9.89. The van der Waals surface area contributed by atoms with E-state index in [4.69, 9.17) is 4.74 Å². The van der Waals surface area contributed by atoms with Gasteiger partial charge >= 0.3 is 0 Å². The Labute approximate surface area is 123 Å². The van der Waals surface area contributed by atoms with Crippen LogP contribution >= 0.6 is 0 Å². The summed E-state index contributed by atoms with van der Waals surface area (Å²) in [5, 5.41) is 3.63. The largest absolute Gasteiger partial charge is 0.473 e. The molecule has 1 aliphatic carbocycles. The Morgan fingerprint density at radius 1 is 1.30 bits per heavy atom. The van der Waals surface area contributed by atoms with Crippen molar-refractivity contribution in [2.75, 3.05) is 5.32 Å². The quantitative estimate of drug-likeness (QED) is 0.822. The summed E-state index contributed by atoms with van der Waals surface area (Å²) >= 11 is 0. The van der Waals surface area contributed by atoms with Gasteiger partial charge in [0, 0.05) is 12.2 Å². The average Bonchev–Trinajstić information content (AvgIpc) is 2.43. The Kier molecular flexibility index (Phi) is 5.69. The normalized spacial score (nSPS) is 22.8. The van der Waals surface area contributed by atoms with E-state index in [9.17, 15) is 0 Å². The number of anilines is 1. The summed E-state index contributed by atoms with van der Waals surface area (Å²) in [6, 6.07) is 4.61. The van der Waals surface area contributed by atoms with E-state index in [1.165, 1.54) is 38.5 Å². The molecule has 0 spiro atoms. The zero-order valence-electron chi connectivity index (χ0n) is 13.1. The first-order chi connectivity index (χ1) is 9.69. The first kappa shape index (κ1) is 15.1. The maximum Gasteiger partial charge on any atom is 0.237 e. The van der Waals surface area contributed by atoms with E-state index in [0.717, 1.165) is 17.5 Å². The molecule has 0 aliphatic heterocycles. The molecular weight excluding hydrogens is 248 g/mol. The van der Waals surface area contributed by atoms with Crippen LogP contribution in [0.3, 0.4) is 0 Å². The van der Waals surface area contributed by atoms with Gasteiger partial charge in [-0.1, -0.05) is 19.8 Å². The first-order valence-electron chi connectivity index (χ1n) is 8.07. The first-order valence-corrected chi connectivity index (χ1v) is 8.07. The predicted molar refractivity (Wildman–Crippen MR) is 84.3 cm³/mol. The van der Waals surface area contributed by atoms with Crippen molar-refractivity contribution in [3.05, 3.63) is 18.3 Å². The molecule has 0 amide bonds. The second-order valence-corrected chi connectivity index (χ2v) is 6.17. The number of nitrogens with zero attached hydrogens (tertiary/aromatic N) is 1. The summed E-state index contributed by atoms with van der Waals surface area (Å²) in [4.78, 5) is 4.34. The van der Waals surface area contributed by atoms with E-state index in [1.807, 2.05) is 19.9 Å². The van der Waals surface area contributed by atoms with Crippen molar-refractivity contribution < 1.29 is 4.74 Å². The fourth-order valence-electron chi connectivity index (χ4n) is 3.04. The van der Waals surface area contributed by atoms with Crippen molar-refractivity contribution in [2.24, 2.45) is 5.92 Å². The molecule has 20 heavy (non-hydrogen) atoms. The Balaban J connectivity index is 1.91. The van der Waals surface area contributed by atoms with E-state index in [0.29, 0.717) is 6.04 Å². The van der Waals surface area contributed by atoms with Crippen LogP contribution in [-0.4, -0.2) is 17.1 Å². The highest BCUT2D eigenvalue weighted by Crippen LogP contribution is 2.31. The summed E-state index contributed by atoms with van der Waals surface area (Å²) in [5.74, 6) is 1.68. The fourth-order valence-corrected chi connectivity index (χ4v) is 3.04. The smallest absolute Gasteiger partial charge is 0.237 e. The number of hydrogen-bond acceptors (Lipinski definition) is 3. The summed E-state index contributed by atoms with van der Waals surface area (Å²) < 4.78 is 5.77. The van der Waals surface area contributed by atoms with Gasteiger partial charge < -0.3 is 10.1 Å². The van der Waals surface area contributed by atoms with Gasteiger partial charge in [-0.2, -0.15) is 0 Å². The van der Waals surface area contributed by atoms with E-state index >= 15 is 0 Å². The minimum Gasteiger partial charge on any atom is -0.473 e. The number of rotatable bonds is 6. The monoisotopic (exact) mass is 276 g/mol. The summed E-state index contributed by atoms with van der Waals surface area (Å²) in [7, 11) is 0. The van der Waals surface area contributed by atoms with Crippen molar-refractivity contribution in [2.45, 2.75) is 71.4 Å². The van der Waals surface area contributed by atoms with Gasteiger partial charge in [0.25, 0.3) is 0 Å². The lowest BCUT2D eigenvalue weighted by molar-refractivity contribution is 0.233. The third-order valence-corrected chi connectivity index (χ3v) is 4.02. The van der Waals surface area contributed by atoms with E-state index in [-0.39, 0.29) is 6.10 Å². The molecule has 0 atom stereocenters. The van der Waals surface area contributed by atoms with Crippen LogP contribution in [-0.2, 0) is 0 Å². The van der Waals surface area contributed by atoms with Crippen LogP contribution in [0.15, 0.2) is 18.3 Å². The highest BCUT2D eigenvalue weighted by atomic mass is 16.5. The van der Waals surface area contributed by atoms with Crippen LogP contribution in [0, 0.1) is 5.92 Å². The van der Waals surface area contributed by atoms with Crippen LogP contribution < -0.4 is 10.1 Å². The van der Waals surface area contributed by atoms with Crippen molar-refractivity contribution in [1.82, 2.24) is 4.98 Å². The predicted octanol–water partition coefficient (Wildman–Crippen LogP) is 4.64. The van der Waals surface area contributed by atoms with Crippen molar-refractivity contribution in [3.8, 4) is 5.88 Å². The fraction of sp³-hybridized carbons (Fsp3) is 0.706. The molecule has 1 aliphatic rings. The Hall–Kier alpha value is -1.25.